The molecule has 0 radical (unpaired) electrons. The molecule has 0 aliphatic carbocycles. The first-order chi connectivity index (χ1) is 15.6. The minimum absolute atomic E-state index is 0.100. The van der Waals surface area contributed by atoms with Crippen molar-refractivity contribution >= 4 is 11.8 Å². The summed E-state index contributed by atoms with van der Waals surface area (Å²) in [5.41, 5.74) is 2.53. The van der Waals surface area contributed by atoms with Crippen molar-refractivity contribution in [1.29, 1.82) is 0 Å². The average molecular weight is 440 g/mol. The van der Waals surface area contributed by atoms with Crippen molar-refractivity contribution in [3.63, 3.8) is 0 Å². The number of piperidine rings is 1. The van der Waals surface area contributed by atoms with Crippen LogP contribution >= 0.6 is 0 Å². The molecule has 2 fully saturated rings. The molecule has 8 heteroatoms. The van der Waals surface area contributed by atoms with Gasteiger partial charge in [-0.1, -0.05) is 30.3 Å². The van der Waals surface area contributed by atoms with Crippen LogP contribution in [0.3, 0.4) is 0 Å². The number of hydrogen-bond donors (Lipinski definition) is 1. The molecular weight excluding hydrogens is 406 g/mol. The Morgan fingerprint density at radius 3 is 2.47 bits per heavy atom. The summed E-state index contributed by atoms with van der Waals surface area (Å²) in [4.78, 5) is 30.0. The first kappa shape index (κ1) is 22.5. The van der Waals surface area contributed by atoms with Crippen LogP contribution in [-0.4, -0.2) is 77.8 Å². The summed E-state index contributed by atoms with van der Waals surface area (Å²) in [5.74, 6) is 0.494. The average Bonchev–Trinajstić information content (AvgIpc) is 3.20. The number of nitrogens with one attached hydrogen (secondary N) is 1. The fourth-order valence-electron chi connectivity index (χ4n) is 4.79. The Kier molecular flexibility index (Phi) is 7.22. The molecule has 4 rings (SSSR count). The molecule has 1 aromatic carbocycles. The van der Waals surface area contributed by atoms with Crippen molar-refractivity contribution in [3.05, 3.63) is 53.3 Å². The molecule has 0 bridgehead atoms. The molecule has 8 nitrogen and oxygen atoms in total. The predicted molar refractivity (Wildman–Crippen MR) is 121 cm³/mol. The quantitative estimate of drug-likeness (QED) is 0.740. The summed E-state index contributed by atoms with van der Waals surface area (Å²) in [6, 6.07) is 9.82. The maximum absolute atomic E-state index is 13.6. The summed E-state index contributed by atoms with van der Waals surface area (Å²) in [6.07, 6.45) is 4.37. The second kappa shape index (κ2) is 10.3. The zero-order valence-electron chi connectivity index (χ0n) is 19.0. The van der Waals surface area contributed by atoms with Crippen LogP contribution in [0.1, 0.15) is 40.5 Å². The molecule has 2 aliphatic heterocycles. The highest BCUT2D eigenvalue weighted by atomic mass is 16.5. The van der Waals surface area contributed by atoms with Crippen molar-refractivity contribution < 1.29 is 14.3 Å². The third-order valence-corrected chi connectivity index (χ3v) is 6.55. The van der Waals surface area contributed by atoms with Gasteiger partial charge in [0, 0.05) is 46.5 Å². The first-order valence-corrected chi connectivity index (χ1v) is 11.5. The standard InChI is InChI=1S/C24H33N5O3/c1-25-23(30)20-17-27(2)26-21(20)16-18-8-10-29(11-9-18)24(31)22(19-6-4-3-5-7-19)28-12-14-32-15-13-28/h3-7,17-18,22H,8-16H2,1-2H3,(H,25,30)/t22-/m1/s1. The van der Waals surface area contributed by atoms with Gasteiger partial charge in [0.25, 0.3) is 5.91 Å². The van der Waals surface area contributed by atoms with Crippen LogP contribution in [0.4, 0.5) is 0 Å². The number of benzene rings is 1. The summed E-state index contributed by atoms with van der Waals surface area (Å²) in [7, 11) is 3.48. The molecule has 2 saturated heterocycles. The second-order valence-corrected chi connectivity index (χ2v) is 8.68. The number of ether oxygens (including phenoxy) is 1. The summed E-state index contributed by atoms with van der Waals surface area (Å²) < 4.78 is 7.21. The minimum Gasteiger partial charge on any atom is -0.379 e. The van der Waals surface area contributed by atoms with Gasteiger partial charge in [-0.3, -0.25) is 19.2 Å². The molecule has 32 heavy (non-hydrogen) atoms. The van der Waals surface area contributed by atoms with E-state index in [1.165, 1.54) is 0 Å². The fraction of sp³-hybridized carbons (Fsp3) is 0.542. The van der Waals surface area contributed by atoms with E-state index in [1.54, 1.807) is 17.9 Å². The Labute approximate surface area is 189 Å². The van der Waals surface area contributed by atoms with Crippen LogP contribution in [0.15, 0.2) is 36.5 Å². The number of likely N-dealkylation sites (tertiary alicyclic amines) is 1. The number of aryl methyl sites for hydroxylation is 1. The number of rotatable bonds is 6. The number of morpholine rings is 1. The lowest BCUT2D eigenvalue weighted by molar-refractivity contribution is -0.140. The monoisotopic (exact) mass is 439 g/mol. The van der Waals surface area contributed by atoms with Gasteiger partial charge in [-0.2, -0.15) is 5.10 Å². The Morgan fingerprint density at radius 1 is 1.12 bits per heavy atom. The first-order valence-electron chi connectivity index (χ1n) is 11.5. The van der Waals surface area contributed by atoms with Crippen LogP contribution in [0.2, 0.25) is 0 Å². The fourth-order valence-corrected chi connectivity index (χ4v) is 4.79. The molecule has 2 aliphatic rings. The Hall–Kier alpha value is -2.71. The van der Waals surface area contributed by atoms with E-state index in [-0.39, 0.29) is 17.9 Å². The van der Waals surface area contributed by atoms with Gasteiger partial charge < -0.3 is 15.0 Å². The van der Waals surface area contributed by atoms with Crippen LogP contribution in [-0.2, 0) is 23.0 Å². The molecule has 3 heterocycles. The number of nitrogens with zero attached hydrogens (tertiary/aromatic N) is 4. The van der Waals surface area contributed by atoms with E-state index >= 15 is 0 Å². The molecule has 1 aromatic heterocycles. The van der Waals surface area contributed by atoms with E-state index in [4.69, 9.17) is 4.74 Å². The lowest BCUT2D eigenvalue weighted by Crippen LogP contribution is -2.49. The topological polar surface area (TPSA) is 79.7 Å². The lowest BCUT2D eigenvalue weighted by Gasteiger charge is -2.39. The van der Waals surface area contributed by atoms with Crippen LogP contribution in [0.25, 0.3) is 0 Å². The van der Waals surface area contributed by atoms with Gasteiger partial charge in [0.05, 0.1) is 24.5 Å². The van der Waals surface area contributed by atoms with E-state index in [0.29, 0.717) is 24.7 Å². The third-order valence-electron chi connectivity index (χ3n) is 6.55. The maximum atomic E-state index is 13.6. The number of aromatic nitrogens is 2. The minimum atomic E-state index is -0.257. The van der Waals surface area contributed by atoms with Gasteiger partial charge in [0.1, 0.15) is 6.04 Å². The Morgan fingerprint density at radius 2 is 1.81 bits per heavy atom. The maximum Gasteiger partial charge on any atom is 0.254 e. The summed E-state index contributed by atoms with van der Waals surface area (Å²) >= 11 is 0. The van der Waals surface area contributed by atoms with Crippen LogP contribution < -0.4 is 5.32 Å². The zero-order valence-corrected chi connectivity index (χ0v) is 19.0. The molecule has 172 valence electrons. The molecule has 0 saturated carbocycles. The van der Waals surface area contributed by atoms with Gasteiger partial charge in [0.2, 0.25) is 5.91 Å². The van der Waals surface area contributed by atoms with Crippen molar-refractivity contribution in [2.75, 3.05) is 46.4 Å². The summed E-state index contributed by atoms with van der Waals surface area (Å²) in [6.45, 7) is 4.33. The van der Waals surface area contributed by atoms with Gasteiger partial charge in [-0.15, -0.1) is 0 Å². The van der Waals surface area contributed by atoms with Crippen LogP contribution in [0.5, 0.6) is 0 Å². The van der Waals surface area contributed by atoms with E-state index in [2.05, 4.69) is 15.3 Å². The molecule has 0 spiro atoms. The van der Waals surface area contributed by atoms with Crippen LogP contribution in [0, 0.1) is 5.92 Å². The van der Waals surface area contributed by atoms with Crippen molar-refractivity contribution in [1.82, 2.24) is 24.9 Å². The van der Waals surface area contributed by atoms with E-state index in [9.17, 15) is 9.59 Å². The predicted octanol–water partition coefficient (Wildman–Crippen LogP) is 1.63. The van der Waals surface area contributed by atoms with E-state index < -0.39 is 0 Å². The van der Waals surface area contributed by atoms with Gasteiger partial charge in [0.15, 0.2) is 0 Å². The Bertz CT molecular complexity index is 915. The molecular formula is C24H33N5O3. The van der Waals surface area contributed by atoms with Gasteiger partial charge >= 0.3 is 0 Å². The number of carbonyl (C=O) groups excluding carboxylic acids is 2. The molecule has 1 N–H and O–H groups in total. The van der Waals surface area contributed by atoms with E-state index in [0.717, 1.165) is 56.7 Å². The van der Waals surface area contributed by atoms with Crippen molar-refractivity contribution in [2.24, 2.45) is 13.0 Å². The largest absolute Gasteiger partial charge is 0.379 e. The highest BCUT2D eigenvalue weighted by Crippen LogP contribution is 2.28. The lowest BCUT2D eigenvalue weighted by atomic mass is 9.90. The van der Waals surface area contributed by atoms with Gasteiger partial charge in [-0.05, 0) is 30.7 Å². The van der Waals surface area contributed by atoms with Crippen molar-refractivity contribution in [2.45, 2.75) is 25.3 Å². The number of hydrogen-bond acceptors (Lipinski definition) is 5. The highest BCUT2D eigenvalue weighted by Gasteiger charge is 2.34. The smallest absolute Gasteiger partial charge is 0.254 e. The number of carbonyl (C=O) groups is 2. The normalized spacial score (nSPS) is 19.0. The molecule has 2 aromatic rings. The Balaban J connectivity index is 1.41. The zero-order chi connectivity index (χ0) is 22.5. The number of amides is 2. The summed E-state index contributed by atoms with van der Waals surface area (Å²) in [5, 5.41) is 7.21. The third kappa shape index (κ3) is 5.02. The van der Waals surface area contributed by atoms with Crippen molar-refractivity contribution in [3.8, 4) is 0 Å². The second-order valence-electron chi connectivity index (χ2n) is 8.68. The molecule has 2 amide bonds. The highest BCUT2D eigenvalue weighted by molar-refractivity contribution is 5.94. The SMILES string of the molecule is CNC(=O)c1cn(C)nc1CC1CCN(C(=O)[C@@H](c2ccccc2)N2CCOCC2)CC1. The molecule has 1 atom stereocenters. The molecule has 0 unspecified atom stereocenters. The van der Waals surface area contributed by atoms with E-state index in [1.807, 2.05) is 42.3 Å². The van der Waals surface area contributed by atoms with Gasteiger partial charge in [-0.25, -0.2) is 0 Å².